The van der Waals surface area contributed by atoms with Gasteiger partial charge in [0.05, 0.1) is 25.4 Å². The van der Waals surface area contributed by atoms with Gasteiger partial charge in [-0.05, 0) is 13.0 Å². The first-order valence-corrected chi connectivity index (χ1v) is 6.84. The quantitative estimate of drug-likeness (QED) is 0.714. The van der Waals surface area contributed by atoms with Gasteiger partial charge in [0.1, 0.15) is 6.17 Å². The summed E-state index contributed by atoms with van der Waals surface area (Å²) >= 11 is 0. The SMILES string of the molecule is CC1=CC(F)C(N2CCN(C3COC3)CC2)NC1. The van der Waals surface area contributed by atoms with Crippen LogP contribution in [-0.4, -0.2) is 74.1 Å². The molecule has 2 unspecified atom stereocenters. The van der Waals surface area contributed by atoms with Crippen molar-refractivity contribution in [1.29, 1.82) is 0 Å². The van der Waals surface area contributed by atoms with Crippen LogP contribution in [-0.2, 0) is 4.74 Å². The van der Waals surface area contributed by atoms with E-state index in [1.54, 1.807) is 6.08 Å². The number of piperazine rings is 1. The normalized spacial score (nSPS) is 36.2. The Labute approximate surface area is 108 Å². The zero-order chi connectivity index (χ0) is 12.5. The molecule has 2 fully saturated rings. The molecule has 0 aromatic carbocycles. The van der Waals surface area contributed by atoms with E-state index in [-0.39, 0.29) is 6.17 Å². The fourth-order valence-electron chi connectivity index (χ4n) is 2.95. The van der Waals surface area contributed by atoms with E-state index in [2.05, 4.69) is 15.1 Å². The largest absolute Gasteiger partial charge is 0.378 e. The number of alkyl halides is 1. The summed E-state index contributed by atoms with van der Waals surface area (Å²) in [4.78, 5) is 4.71. The first-order chi connectivity index (χ1) is 8.74. The molecule has 0 amide bonds. The minimum absolute atomic E-state index is 0.131. The van der Waals surface area contributed by atoms with Crippen LogP contribution in [0.2, 0.25) is 0 Å². The third-order valence-electron chi connectivity index (χ3n) is 4.21. The average Bonchev–Trinajstić information content (AvgIpc) is 2.28. The Morgan fingerprint density at radius 3 is 2.44 bits per heavy atom. The molecular weight excluding hydrogens is 233 g/mol. The van der Waals surface area contributed by atoms with Crippen LogP contribution < -0.4 is 5.32 Å². The lowest BCUT2D eigenvalue weighted by Gasteiger charge is -2.45. The lowest BCUT2D eigenvalue weighted by molar-refractivity contribution is -0.0828. The summed E-state index contributed by atoms with van der Waals surface area (Å²) in [5, 5.41) is 3.30. The number of ether oxygens (including phenoxy) is 1. The molecule has 1 N–H and O–H groups in total. The molecule has 0 bridgehead atoms. The second-order valence-corrected chi connectivity index (χ2v) is 5.55. The third-order valence-corrected chi connectivity index (χ3v) is 4.21. The van der Waals surface area contributed by atoms with E-state index >= 15 is 0 Å². The van der Waals surface area contributed by atoms with E-state index in [1.807, 2.05) is 6.92 Å². The van der Waals surface area contributed by atoms with Gasteiger partial charge in [-0.3, -0.25) is 15.1 Å². The van der Waals surface area contributed by atoms with Gasteiger partial charge in [0.25, 0.3) is 0 Å². The van der Waals surface area contributed by atoms with Crippen molar-refractivity contribution in [3.8, 4) is 0 Å². The maximum Gasteiger partial charge on any atom is 0.147 e. The van der Waals surface area contributed by atoms with E-state index in [0.717, 1.165) is 51.5 Å². The maximum absolute atomic E-state index is 14.0. The zero-order valence-corrected chi connectivity index (χ0v) is 10.9. The van der Waals surface area contributed by atoms with Crippen molar-refractivity contribution in [3.63, 3.8) is 0 Å². The molecule has 0 spiro atoms. The van der Waals surface area contributed by atoms with Crippen molar-refractivity contribution in [3.05, 3.63) is 11.6 Å². The summed E-state index contributed by atoms with van der Waals surface area (Å²) in [6.07, 6.45) is 0.749. The fourth-order valence-corrected chi connectivity index (χ4v) is 2.95. The van der Waals surface area contributed by atoms with Crippen LogP contribution >= 0.6 is 0 Å². The van der Waals surface area contributed by atoms with E-state index in [4.69, 9.17) is 4.74 Å². The molecule has 0 aromatic rings. The second kappa shape index (κ2) is 5.25. The first-order valence-electron chi connectivity index (χ1n) is 6.84. The maximum atomic E-state index is 14.0. The molecule has 0 aromatic heterocycles. The Balaban J connectivity index is 1.53. The standard InChI is InChI=1S/C13H22FN3O/c1-10-6-12(14)13(15-7-10)17-4-2-16(3-5-17)11-8-18-9-11/h6,11-13,15H,2-5,7-9H2,1H3. The van der Waals surface area contributed by atoms with Crippen LogP contribution in [0.25, 0.3) is 0 Å². The predicted molar refractivity (Wildman–Crippen MR) is 68.2 cm³/mol. The third kappa shape index (κ3) is 2.45. The van der Waals surface area contributed by atoms with Crippen molar-refractivity contribution in [2.24, 2.45) is 0 Å². The number of rotatable bonds is 2. The van der Waals surface area contributed by atoms with Gasteiger partial charge in [-0.15, -0.1) is 0 Å². The van der Waals surface area contributed by atoms with Crippen LogP contribution in [0.5, 0.6) is 0 Å². The van der Waals surface area contributed by atoms with Gasteiger partial charge in [0.15, 0.2) is 0 Å². The van der Waals surface area contributed by atoms with E-state index < -0.39 is 6.17 Å². The van der Waals surface area contributed by atoms with Gasteiger partial charge >= 0.3 is 0 Å². The molecule has 0 aliphatic carbocycles. The van der Waals surface area contributed by atoms with E-state index in [9.17, 15) is 4.39 Å². The Bertz CT molecular complexity index is 324. The highest BCUT2D eigenvalue weighted by Gasteiger charge is 2.34. The van der Waals surface area contributed by atoms with Gasteiger partial charge < -0.3 is 4.74 Å². The van der Waals surface area contributed by atoms with Gasteiger partial charge in [-0.25, -0.2) is 4.39 Å². The Hall–Kier alpha value is -0.490. The minimum atomic E-state index is -0.877. The molecule has 2 saturated heterocycles. The number of hydrogen-bond acceptors (Lipinski definition) is 4. The lowest BCUT2D eigenvalue weighted by Crippen LogP contribution is -2.62. The number of nitrogens with one attached hydrogen (secondary N) is 1. The predicted octanol–water partition coefficient (Wildman–Crippen LogP) is 0.217. The highest BCUT2D eigenvalue weighted by molar-refractivity contribution is 5.11. The van der Waals surface area contributed by atoms with Crippen LogP contribution in [0.4, 0.5) is 4.39 Å². The van der Waals surface area contributed by atoms with Gasteiger partial charge in [0, 0.05) is 32.7 Å². The molecule has 3 heterocycles. The summed E-state index contributed by atoms with van der Waals surface area (Å²) < 4.78 is 19.2. The van der Waals surface area contributed by atoms with Crippen LogP contribution in [0.1, 0.15) is 6.92 Å². The zero-order valence-electron chi connectivity index (χ0n) is 10.9. The van der Waals surface area contributed by atoms with Gasteiger partial charge in [-0.1, -0.05) is 5.57 Å². The van der Waals surface area contributed by atoms with Gasteiger partial charge in [-0.2, -0.15) is 0 Å². The van der Waals surface area contributed by atoms with E-state index in [1.165, 1.54) is 0 Å². The number of nitrogens with zero attached hydrogens (tertiary/aromatic N) is 2. The summed E-state index contributed by atoms with van der Waals surface area (Å²) in [6, 6.07) is 0.606. The van der Waals surface area contributed by atoms with Crippen LogP contribution in [0, 0.1) is 0 Å². The molecule has 2 atom stereocenters. The van der Waals surface area contributed by atoms with Crippen LogP contribution in [0.15, 0.2) is 11.6 Å². The number of hydrogen-bond donors (Lipinski definition) is 1. The summed E-state index contributed by atoms with van der Waals surface area (Å²) in [6.45, 7) is 8.48. The molecule has 0 saturated carbocycles. The summed E-state index contributed by atoms with van der Waals surface area (Å²) in [5.41, 5.74) is 1.10. The van der Waals surface area contributed by atoms with Crippen molar-refractivity contribution in [2.75, 3.05) is 45.9 Å². The van der Waals surface area contributed by atoms with Gasteiger partial charge in [0.2, 0.25) is 0 Å². The molecule has 4 nitrogen and oxygen atoms in total. The molecule has 3 aliphatic rings. The number of halogens is 1. The van der Waals surface area contributed by atoms with Crippen molar-refractivity contribution in [2.45, 2.75) is 25.3 Å². The topological polar surface area (TPSA) is 27.7 Å². The summed E-state index contributed by atoms with van der Waals surface area (Å²) in [7, 11) is 0. The highest BCUT2D eigenvalue weighted by atomic mass is 19.1. The van der Waals surface area contributed by atoms with Crippen molar-refractivity contribution >= 4 is 0 Å². The molecule has 102 valence electrons. The summed E-state index contributed by atoms with van der Waals surface area (Å²) in [5.74, 6) is 0. The molecule has 0 radical (unpaired) electrons. The van der Waals surface area contributed by atoms with Crippen molar-refractivity contribution in [1.82, 2.24) is 15.1 Å². The lowest BCUT2D eigenvalue weighted by atomic mass is 10.1. The monoisotopic (exact) mass is 255 g/mol. The first kappa shape index (κ1) is 12.5. The minimum Gasteiger partial charge on any atom is -0.378 e. The molecule has 3 aliphatic heterocycles. The Morgan fingerprint density at radius 2 is 1.89 bits per heavy atom. The Morgan fingerprint density at radius 1 is 1.22 bits per heavy atom. The van der Waals surface area contributed by atoms with E-state index in [0.29, 0.717) is 6.04 Å². The smallest absolute Gasteiger partial charge is 0.147 e. The fraction of sp³-hybridized carbons (Fsp3) is 0.846. The van der Waals surface area contributed by atoms with Crippen LogP contribution in [0.3, 0.4) is 0 Å². The molecule has 3 rings (SSSR count). The molecule has 5 heteroatoms. The van der Waals surface area contributed by atoms with Crippen molar-refractivity contribution < 1.29 is 9.13 Å². The molecular formula is C13H22FN3O. The molecule has 18 heavy (non-hydrogen) atoms. The second-order valence-electron chi connectivity index (χ2n) is 5.55. The average molecular weight is 255 g/mol. The highest BCUT2D eigenvalue weighted by Crippen LogP contribution is 2.18. The Kier molecular flexibility index (Phi) is 3.66.